The minimum absolute atomic E-state index is 0.0297. The highest BCUT2D eigenvalue weighted by atomic mass is 19.1. The number of rotatable bonds is 4. The Kier molecular flexibility index (Phi) is 4.91. The Morgan fingerprint density at radius 2 is 2.35 bits per heavy atom. The number of allylic oxidation sites excluding steroid dienone is 1. The Bertz CT molecular complexity index is 746. The Labute approximate surface area is 133 Å². The van der Waals surface area contributed by atoms with Gasteiger partial charge in [0.2, 0.25) is 0 Å². The predicted molar refractivity (Wildman–Crippen MR) is 83.7 cm³/mol. The zero-order valence-electron chi connectivity index (χ0n) is 12.6. The number of carbonyl (C=O) groups excluding carboxylic acids is 1. The monoisotopic (exact) mass is 313 g/mol. The first-order valence-corrected chi connectivity index (χ1v) is 6.97. The number of nitrogens with two attached hydrogens (primary N) is 1. The minimum atomic E-state index is -0.869. The smallest absolute Gasteiger partial charge is 0.336 e. The number of hydrogen-bond acceptors (Lipinski definition) is 5. The Hall–Kier alpha value is -2.94. The van der Waals surface area contributed by atoms with Crippen molar-refractivity contribution in [2.24, 2.45) is 16.6 Å². The number of ether oxygens (including phenoxy) is 1. The molecule has 0 fully saturated rings. The number of esters is 1. The van der Waals surface area contributed by atoms with Gasteiger partial charge in [0.1, 0.15) is 24.2 Å². The van der Waals surface area contributed by atoms with Crippen molar-refractivity contribution in [1.82, 2.24) is 0 Å². The summed E-state index contributed by atoms with van der Waals surface area (Å²) in [6.45, 7) is 5.12. The zero-order chi connectivity index (χ0) is 17.0. The molecular formula is C17H16FN3O2. The van der Waals surface area contributed by atoms with Crippen molar-refractivity contribution < 1.29 is 13.9 Å². The van der Waals surface area contributed by atoms with Crippen LogP contribution in [0.25, 0.3) is 0 Å². The van der Waals surface area contributed by atoms with E-state index in [1.54, 1.807) is 13.0 Å². The standard InChI is InChI=1S/C17H16FN3O2/c1-3-7-23-17(22)14-10(2)21-16(20)13(9-19)15(14)11-5-4-6-12(18)8-11/h3-6,8,13,15H,1,7H2,2H3,(H2,20,21). The van der Waals surface area contributed by atoms with Gasteiger partial charge in [0.05, 0.1) is 17.3 Å². The third-order valence-corrected chi connectivity index (χ3v) is 3.55. The van der Waals surface area contributed by atoms with Crippen LogP contribution in [0.15, 0.2) is 53.2 Å². The van der Waals surface area contributed by atoms with E-state index in [0.717, 1.165) is 0 Å². The molecule has 1 aliphatic heterocycles. The highest BCUT2D eigenvalue weighted by molar-refractivity contribution is 5.98. The van der Waals surface area contributed by atoms with Gasteiger partial charge < -0.3 is 10.5 Å². The largest absolute Gasteiger partial charge is 0.458 e. The average Bonchev–Trinajstić information content (AvgIpc) is 2.52. The van der Waals surface area contributed by atoms with Gasteiger partial charge in [-0.25, -0.2) is 14.2 Å². The maximum absolute atomic E-state index is 13.6. The van der Waals surface area contributed by atoms with Gasteiger partial charge in [-0.05, 0) is 24.6 Å². The van der Waals surface area contributed by atoms with Crippen LogP contribution in [0.3, 0.4) is 0 Å². The quantitative estimate of drug-likeness (QED) is 0.683. The number of benzene rings is 1. The second-order valence-electron chi connectivity index (χ2n) is 5.06. The lowest BCUT2D eigenvalue weighted by atomic mass is 9.78. The van der Waals surface area contributed by atoms with Crippen molar-refractivity contribution in [3.63, 3.8) is 0 Å². The van der Waals surface area contributed by atoms with Gasteiger partial charge in [0.25, 0.3) is 0 Å². The highest BCUT2D eigenvalue weighted by Crippen LogP contribution is 2.38. The van der Waals surface area contributed by atoms with E-state index < -0.39 is 23.6 Å². The molecule has 2 N–H and O–H groups in total. The van der Waals surface area contributed by atoms with Gasteiger partial charge in [-0.3, -0.25) is 0 Å². The van der Waals surface area contributed by atoms with Gasteiger partial charge in [-0.1, -0.05) is 24.8 Å². The second kappa shape index (κ2) is 6.88. The second-order valence-corrected chi connectivity index (χ2v) is 5.06. The molecule has 0 amide bonds. The molecule has 0 bridgehead atoms. The maximum Gasteiger partial charge on any atom is 0.336 e. The van der Waals surface area contributed by atoms with E-state index in [0.29, 0.717) is 11.3 Å². The summed E-state index contributed by atoms with van der Waals surface area (Å²) in [6.07, 6.45) is 1.44. The number of hydrogen-bond donors (Lipinski definition) is 1. The number of nitriles is 1. The van der Waals surface area contributed by atoms with Gasteiger partial charge >= 0.3 is 5.97 Å². The molecule has 1 aliphatic rings. The van der Waals surface area contributed by atoms with Gasteiger partial charge in [0, 0.05) is 5.92 Å². The number of amidine groups is 1. The predicted octanol–water partition coefficient (Wildman–Crippen LogP) is 2.42. The average molecular weight is 313 g/mol. The molecule has 2 unspecified atom stereocenters. The van der Waals surface area contributed by atoms with E-state index in [2.05, 4.69) is 11.6 Å². The van der Waals surface area contributed by atoms with Crippen LogP contribution in [-0.4, -0.2) is 18.4 Å². The van der Waals surface area contributed by atoms with E-state index in [9.17, 15) is 14.4 Å². The van der Waals surface area contributed by atoms with Crippen molar-refractivity contribution in [3.8, 4) is 6.07 Å². The van der Waals surface area contributed by atoms with Crippen molar-refractivity contribution in [3.05, 3.63) is 59.6 Å². The normalized spacial score (nSPS) is 20.5. The molecule has 1 aromatic carbocycles. The summed E-state index contributed by atoms with van der Waals surface area (Å²) >= 11 is 0. The lowest BCUT2D eigenvalue weighted by Gasteiger charge is -2.28. The van der Waals surface area contributed by atoms with Crippen molar-refractivity contribution in [2.75, 3.05) is 6.61 Å². The lowest BCUT2D eigenvalue weighted by molar-refractivity contribution is -0.138. The maximum atomic E-state index is 13.6. The van der Waals surface area contributed by atoms with Crippen LogP contribution < -0.4 is 5.73 Å². The molecule has 5 nitrogen and oxygen atoms in total. The van der Waals surface area contributed by atoms with E-state index in [1.165, 1.54) is 24.3 Å². The molecule has 2 rings (SSSR count). The molecule has 0 saturated heterocycles. The van der Waals surface area contributed by atoms with Crippen LogP contribution in [0.2, 0.25) is 0 Å². The van der Waals surface area contributed by atoms with Crippen LogP contribution in [0.1, 0.15) is 18.4 Å². The topological polar surface area (TPSA) is 88.5 Å². The minimum Gasteiger partial charge on any atom is -0.458 e. The third-order valence-electron chi connectivity index (χ3n) is 3.55. The molecule has 1 aromatic rings. The molecule has 0 radical (unpaired) electrons. The Morgan fingerprint density at radius 1 is 1.61 bits per heavy atom. The van der Waals surface area contributed by atoms with Crippen molar-refractivity contribution >= 4 is 11.8 Å². The van der Waals surface area contributed by atoms with Crippen molar-refractivity contribution in [2.45, 2.75) is 12.8 Å². The summed E-state index contributed by atoms with van der Waals surface area (Å²) in [4.78, 5) is 16.4. The zero-order valence-corrected chi connectivity index (χ0v) is 12.6. The SMILES string of the molecule is C=CCOC(=O)C1=C(C)N=C(N)C(C#N)C1c1cccc(F)c1. The Morgan fingerprint density at radius 3 is 2.96 bits per heavy atom. The molecule has 2 atom stereocenters. The van der Waals surface area contributed by atoms with Crippen LogP contribution in [0.4, 0.5) is 4.39 Å². The van der Waals surface area contributed by atoms with Crippen LogP contribution >= 0.6 is 0 Å². The highest BCUT2D eigenvalue weighted by Gasteiger charge is 2.38. The fourth-order valence-electron chi connectivity index (χ4n) is 2.57. The number of nitrogens with zero attached hydrogens (tertiary/aromatic N) is 2. The summed E-state index contributed by atoms with van der Waals surface area (Å²) in [5.41, 5.74) is 6.88. The third kappa shape index (κ3) is 3.29. The molecule has 0 spiro atoms. The molecule has 118 valence electrons. The molecular weight excluding hydrogens is 297 g/mol. The molecule has 6 heteroatoms. The first-order chi connectivity index (χ1) is 11.0. The van der Waals surface area contributed by atoms with Gasteiger partial charge in [-0.2, -0.15) is 5.26 Å². The van der Waals surface area contributed by atoms with Gasteiger partial charge in [0.15, 0.2) is 0 Å². The fourth-order valence-corrected chi connectivity index (χ4v) is 2.57. The fraction of sp³-hybridized carbons (Fsp3) is 0.235. The van der Waals surface area contributed by atoms with E-state index in [-0.39, 0.29) is 18.0 Å². The van der Waals surface area contributed by atoms with Crippen LogP contribution in [0, 0.1) is 23.1 Å². The summed E-state index contributed by atoms with van der Waals surface area (Å²) in [5, 5.41) is 9.43. The molecule has 0 aliphatic carbocycles. The lowest BCUT2D eigenvalue weighted by Crippen LogP contribution is -2.35. The summed E-state index contributed by atoms with van der Waals surface area (Å²) in [6, 6.07) is 7.77. The van der Waals surface area contributed by atoms with Gasteiger partial charge in [-0.15, -0.1) is 0 Å². The van der Waals surface area contributed by atoms with Crippen molar-refractivity contribution in [1.29, 1.82) is 5.26 Å². The molecule has 23 heavy (non-hydrogen) atoms. The summed E-state index contributed by atoms with van der Waals surface area (Å²) in [5.74, 6) is -2.58. The Balaban J connectivity index is 2.56. The van der Waals surface area contributed by atoms with E-state index in [4.69, 9.17) is 10.5 Å². The summed E-state index contributed by atoms with van der Waals surface area (Å²) < 4.78 is 18.7. The molecule has 1 heterocycles. The number of carbonyl (C=O) groups is 1. The van der Waals surface area contributed by atoms with E-state index in [1.807, 2.05) is 6.07 Å². The summed E-state index contributed by atoms with van der Waals surface area (Å²) in [7, 11) is 0. The number of halogens is 1. The van der Waals surface area contributed by atoms with E-state index >= 15 is 0 Å². The molecule has 0 saturated carbocycles. The number of aliphatic imine (C=N–C) groups is 1. The molecule has 0 aromatic heterocycles. The first kappa shape index (κ1) is 16.4. The first-order valence-electron chi connectivity index (χ1n) is 6.97. The van der Waals surface area contributed by atoms with Crippen LogP contribution in [0.5, 0.6) is 0 Å². The van der Waals surface area contributed by atoms with Crippen LogP contribution in [-0.2, 0) is 9.53 Å².